The molecule has 0 spiro atoms. The van der Waals surface area contributed by atoms with Crippen LogP contribution in [0, 0.1) is 0 Å². The van der Waals surface area contributed by atoms with Crippen molar-refractivity contribution in [2.45, 2.75) is 38.6 Å². The molecule has 19 heavy (non-hydrogen) atoms. The van der Waals surface area contributed by atoms with Crippen molar-refractivity contribution in [3.05, 3.63) is 11.8 Å². The van der Waals surface area contributed by atoms with Crippen molar-refractivity contribution in [1.29, 1.82) is 0 Å². The van der Waals surface area contributed by atoms with Gasteiger partial charge in [-0.3, -0.25) is 14.8 Å². The topological polar surface area (TPSA) is 96.3 Å². The van der Waals surface area contributed by atoms with E-state index in [0.29, 0.717) is 18.8 Å². The highest BCUT2D eigenvalue weighted by Gasteiger charge is 2.13. The molecular weight excluding hydrogens is 248 g/mol. The summed E-state index contributed by atoms with van der Waals surface area (Å²) in [4.78, 5) is 21.9. The number of nitrogens with one attached hydrogen (secondary N) is 2. The molecule has 7 nitrogen and oxygen atoms in total. The predicted molar refractivity (Wildman–Crippen MR) is 69.1 cm³/mol. The Morgan fingerprint density at radius 1 is 1.42 bits per heavy atom. The number of carboxylic acids is 1. The van der Waals surface area contributed by atoms with Crippen LogP contribution >= 0.6 is 0 Å². The normalized spacial score (nSPS) is 13.7. The molecule has 0 unspecified atom stereocenters. The lowest BCUT2D eigenvalue weighted by Gasteiger charge is -2.11. The Balaban J connectivity index is 1.75. The summed E-state index contributed by atoms with van der Waals surface area (Å²) in [6.45, 7) is 1.24. The number of anilines is 1. The number of hydrogen-bond acceptors (Lipinski definition) is 3. The van der Waals surface area contributed by atoms with Gasteiger partial charge >= 0.3 is 12.0 Å². The third-order valence-electron chi connectivity index (χ3n) is 3.01. The maximum Gasteiger partial charge on any atom is 0.320 e. The minimum absolute atomic E-state index is 0.0546. The molecule has 104 valence electrons. The van der Waals surface area contributed by atoms with Gasteiger partial charge in [-0.1, -0.05) is 0 Å². The van der Waals surface area contributed by atoms with Crippen LogP contribution in [0.15, 0.2) is 6.07 Å². The van der Waals surface area contributed by atoms with Crippen LogP contribution in [0.2, 0.25) is 0 Å². The van der Waals surface area contributed by atoms with Gasteiger partial charge in [-0.25, -0.2) is 4.79 Å². The highest BCUT2D eigenvalue weighted by Crippen LogP contribution is 2.17. The molecule has 0 aliphatic carbocycles. The van der Waals surface area contributed by atoms with E-state index < -0.39 is 5.97 Å². The predicted octanol–water partition coefficient (Wildman–Crippen LogP) is 1.21. The highest BCUT2D eigenvalue weighted by molar-refractivity contribution is 5.88. The molecule has 3 N–H and O–H groups in total. The number of rotatable bonds is 5. The molecule has 2 rings (SSSR count). The monoisotopic (exact) mass is 266 g/mol. The van der Waals surface area contributed by atoms with Crippen LogP contribution in [0.3, 0.4) is 0 Å². The van der Waals surface area contributed by atoms with E-state index in [2.05, 4.69) is 15.7 Å². The van der Waals surface area contributed by atoms with Crippen LogP contribution in [0.25, 0.3) is 0 Å². The quantitative estimate of drug-likeness (QED) is 0.698. The summed E-state index contributed by atoms with van der Waals surface area (Å²) < 4.78 is 1.92. The summed E-state index contributed by atoms with van der Waals surface area (Å²) in [7, 11) is 0. The van der Waals surface area contributed by atoms with E-state index in [1.165, 1.54) is 0 Å². The second kappa shape index (κ2) is 6.21. The molecule has 0 fully saturated rings. The van der Waals surface area contributed by atoms with Gasteiger partial charge in [-0.2, -0.15) is 5.10 Å². The Morgan fingerprint density at radius 2 is 2.26 bits per heavy atom. The first kappa shape index (κ1) is 13.4. The van der Waals surface area contributed by atoms with Crippen LogP contribution < -0.4 is 10.6 Å². The van der Waals surface area contributed by atoms with Crippen molar-refractivity contribution < 1.29 is 14.7 Å². The van der Waals surface area contributed by atoms with Crippen LogP contribution in [-0.4, -0.2) is 33.4 Å². The molecule has 0 radical (unpaired) electrons. The Morgan fingerprint density at radius 3 is 3.00 bits per heavy atom. The van der Waals surface area contributed by atoms with Gasteiger partial charge in [0.05, 0.1) is 0 Å². The number of carbonyl (C=O) groups is 2. The maximum atomic E-state index is 11.6. The van der Waals surface area contributed by atoms with Crippen molar-refractivity contribution in [1.82, 2.24) is 15.1 Å². The lowest BCUT2D eigenvalue weighted by molar-refractivity contribution is -0.137. The fraction of sp³-hybridized carbons (Fsp3) is 0.583. The third-order valence-corrected chi connectivity index (χ3v) is 3.01. The molecule has 0 bridgehead atoms. The smallest absolute Gasteiger partial charge is 0.320 e. The number of aryl methyl sites for hydroxylation is 2. The average molecular weight is 266 g/mol. The number of aromatic nitrogens is 2. The van der Waals surface area contributed by atoms with Crippen molar-refractivity contribution in [3.63, 3.8) is 0 Å². The minimum atomic E-state index is -0.857. The molecule has 1 aromatic heterocycles. The number of fused-ring (bicyclic) bond motifs is 1. The zero-order valence-corrected chi connectivity index (χ0v) is 10.7. The van der Waals surface area contributed by atoms with E-state index in [-0.39, 0.29) is 12.5 Å². The zero-order chi connectivity index (χ0) is 13.7. The van der Waals surface area contributed by atoms with Gasteiger partial charge in [0.1, 0.15) is 0 Å². The number of carbonyl (C=O) groups excluding carboxylic acids is 1. The molecule has 7 heteroatoms. The van der Waals surface area contributed by atoms with Gasteiger partial charge < -0.3 is 10.4 Å². The van der Waals surface area contributed by atoms with Crippen molar-refractivity contribution in [2.24, 2.45) is 0 Å². The third kappa shape index (κ3) is 3.97. The molecule has 0 aromatic carbocycles. The number of hydrogen-bond donors (Lipinski definition) is 3. The molecule has 0 saturated heterocycles. The van der Waals surface area contributed by atoms with Gasteiger partial charge in [-0.05, 0) is 25.7 Å². The Labute approximate surface area is 111 Å². The van der Waals surface area contributed by atoms with Crippen LogP contribution in [0.5, 0.6) is 0 Å². The maximum absolute atomic E-state index is 11.6. The van der Waals surface area contributed by atoms with E-state index in [4.69, 9.17) is 5.11 Å². The summed E-state index contributed by atoms with van der Waals surface area (Å²) in [5.41, 5.74) is 1.15. The number of urea groups is 1. The fourth-order valence-corrected chi connectivity index (χ4v) is 2.08. The van der Waals surface area contributed by atoms with E-state index in [1.807, 2.05) is 10.7 Å². The first-order valence-corrected chi connectivity index (χ1v) is 6.48. The van der Waals surface area contributed by atoms with Crippen LogP contribution in [-0.2, 0) is 17.8 Å². The molecular formula is C12H18N4O3. The summed E-state index contributed by atoms with van der Waals surface area (Å²) in [5, 5.41) is 18.0. The van der Waals surface area contributed by atoms with Crippen molar-refractivity contribution in [2.75, 3.05) is 11.9 Å². The largest absolute Gasteiger partial charge is 0.481 e. The van der Waals surface area contributed by atoms with Crippen molar-refractivity contribution >= 4 is 17.8 Å². The average Bonchev–Trinajstić information content (AvgIpc) is 2.76. The summed E-state index contributed by atoms with van der Waals surface area (Å²) in [6.07, 6.45) is 3.75. The molecule has 0 atom stereocenters. The number of nitrogens with zero attached hydrogens (tertiary/aromatic N) is 2. The summed E-state index contributed by atoms with van der Waals surface area (Å²) in [6, 6.07) is 1.54. The minimum Gasteiger partial charge on any atom is -0.481 e. The molecule has 0 saturated carbocycles. The van der Waals surface area contributed by atoms with Gasteiger partial charge in [-0.15, -0.1) is 0 Å². The summed E-state index contributed by atoms with van der Waals surface area (Å²) in [5.74, 6) is -0.309. The van der Waals surface area contributed by atoms with Gasteiger partial charge in [0.2, 0.25) is 0 Å². The standard InChI is InChI=1S/C12H18N4O3/c17-11(18)5-3-6-13-12(19)14-10-8-9-4-1-2-7-16(9)15-10/h8H,1-7H2,(H,17,18)(H2,13,14,15,19). The molecule has 1 aromatic rings. The lowest BCUT2D eigenvalue weighted by Crippen LogP contribution is -2.30. The Bertz CT molecular complexity index is 446. The lowest BCUT2D eigenvalue weighted by atomic mass is 10.1. The van der Waals surface area contributed by atoms with Gasteiger partial charge in [0, 0.05) is 31.3 Å². The van der Waals surface area contributed by atoms with Crippen LogP contribution in [0.4, 0.5) is 10.6 Å². The number of carboxylic acid groups (broad SMARTS) is 1. The number of amides is 2. The number of aliphatic carboxylic acids is 1. The molecule has 1 aliphatic heterocycles. The summed E-state index contributed by atoms with van der Waals surface area (Å²) >= 11 is 0. The van der Waals surface area contributed by atoms with E-state index in [0.717, 1.165) is 31.5 Å². The fourth-order valence-electron chi connectivity index (χ4n) is 2.08. The second-order valence-corrected chi connectivity index (χ2v) is 4.58. The second-order valence-electron chi connectivity index (χ2n) is 4.58. The molecule has 2 heterocycles. The highest BCUT2D eigenvalue weighted by atomic mass is 16.4. The Kier molecular flexibility index (Phi) is 4.38. The van der Waals surface area contributed by atoms with E-state index in [1.54, 1.807) is 0 Å². The molecule has 1 aliphatic rings. The SMILES string of the molecule is O=C(O)CCCNC(=O)Nc1cc2n(n1)CCCC2. The van der Waals surface area contributed by atoms with Crippen molar-refractivity contribution in [3.8, 4) is 0 Å². The molecule has 2 amide bonds. The first-order valence-electron chi connectivity index (χ1n) is 6.48. The van der Waals surface area contributed by atoms with E-state index >= 15 is 0 Å². The zero-order valence-electron chi connectivity index (χ0n) is 10.7. The first-order chi connectivity index (χ1) is 9.15. The van der Waals surface area contributed by atoms with Gasteiger partial charge in [0.25, 0.3) is 0 Å². The van der Waals surface area contributed by atoms with Crippen LogP contribution in [0.1, 0.15) is 31.4 Å². The Hall–Kier alpha value is -2.05. The van der Waals surface area contributed by atoms with Gasteiger partial charge in [0.15, 0.2) is 5.82 Å². The van der Waals surface area contributed by atoms with E-state index in [9.17, 15) is 9.59 Å².